The van der Waals surface area contributed by atoms with Gasteiger partial charge in [-0.05, 0) is 65.8 Å². The molecule has 0 bridgehead atoms. The summed E-state index contributed by atoms with van der Waals surface area (Å²) in [5.41, 5.74) is 1.96. The van der Waals surface area contributed by atoms with Crippen molar-refractivity contribution in [3.05, 3.63) is 59.7 Å². The maximum Gasteiger partial charge on any atom is 0.297 e. The molecular formula is C24H32Cl4O6S2. The van der Waals surface area contributed by atoms with E-state index >= 15 is 0 Å². The first-order valence-corrected chi connectivity index (χ1v) is 15.6. The van der Waals surface area contributed by atoms with Gasteiger partial charge in [-0.25, -0.2) is 0 Å². The molecule has 0 saturated carbocycles. The third kappa shape index (κ3) is 10.7. The summed E-state index contributed by atoms with van der Waals surface area (Å²) >= 11 is 23.6. The van der Waals surface area contributed by atoms with Gasteiger partial charge in [-0.15, -0.1) is 46.4 Å². The van der Waals surface area contributed by atoms with Crippen molar-refractivity contribution in [3.8, 4) is 0 Å². The van der Waals surface area contributed by atoms with Gasteiger partial charge in [-0.2, -0.15) is 16.8 Å². The monoisotopic (exact) mass is 620 g/mol. The smallest absolute Gasteiger partial charge is 0.262 e. The zero-order chi connectivity index (χ0) is 27.8. The van der Waals surface area contributed by atoms with Gasteiger partial charge < -0.3 is 0 Å². The van der Waals surface area contributed by atoms with E-state index in [4.69, 9.17) is 54.8 Å². The summed E-state index contributed by atoms with van der Waals surface area (Å²) < 4.78 is 57.9. The van der Waals surface area contributed by atoms with E-state index in [1.165, 1.54) is 24.3 Å². The highest BCUT2D eigenvalue weighted by atomic mass is 35.5. The van der Waals surface area contributed by atoms with Crippen molar-refractivity contribution < 1.29 is 25.2 Å². The molecule has 2 rings (SSSR count). The zero-order valence-electron chi connectivity index (χ0n) is 20.9. The second kappa shape index (κ2) is 14.5. The summed E-state index contributed by atoms with van der Waals surface area (Å²) in [6.07, 6.45) is -1.38. The van der Waals surface area contributed by atoms with Crippen LogP contribution in [0.2, 0.25) is 0 Å². The molecule has 0 amide bonds. The topological polar surface area (TPSA) is 86.7 Å². The minimum Gasteiger partial charge on any atom is -0.262 e. The molecule has 6 nitrogen and oxygen atoms in total. The van der Waals surface area contributed by atoms with E-state index in [0.717, 1.165) is 11.1 Å². The van der Waals surface area contributed by atoms with Gasteiger partial charge in [0.15, 0.2) is 0 Å². The highest BCUT2D eigenvalue weighted by molar-refractivity contribution is 7.87. The lowest BCUT2D eigenvalue weighted by Crippen LogP contribution is -2.30. The van der Waals surface area contributed by atoms with Crippen molar-refractivity contribution in [3.63, 3.8) is 0 Å². The second-order valence-electron chi connectivity index (χ2n) is 8.38. The predicted octanol–water partition coefficient (Wildman–Crippen LogP) is 6.65. The molecule has 0 fully saturated rings. The van der Waals surface area contributed by atoms with Gasteiger partial charge in [-0.1, -0.05) is 35.4 Å². The Labute approximate surface area is 235 Å². The van der Waals surface area contributed by atoms with Crippen LogP contribution < -0.4 is 0 Å². The zero-order valence-corrected chi connectivity index (χ0v) is 25.5. The molecule has 0 aliphatic carbocycles. The molecular weight excluding hydrogens is 590 g/mol. The number of hydrogen-bond donors (Lipinski definition) is 0. The van der Waals surface area contributed by atoms with Gasteiger partial charge in [0, 0.05) is 10.8 Å². The molecule has 0 aliphatic heterocycles. The molecule has 0 unspecified atom stereocenters. The number of rotatable bonds is 10. The molecule has 2 aromatic rings. The minimum absolute atomic E-state index is 0.117. The fourth-order valence-corrected chi connectivity index (χ4v) is 5.61. The number of alkyl halides is 4. The number of halogens is 4. The number of aryl methyl sites for hydroxylation is 2. The molecule has 0 saturated heterocycles. The van der Waals surface area contributed by atoms with Crippen LogP contribution in [0.5, 0.6) is 0 Å². The highest BCUT2D eigenvalue weighted by Crippen LogP contribution is 2.22. The Morgan fingerprint density at radius 1 is 0.556 bits per heavy atom. The average molecular weight is 622 g/mol. The molecule has 12 heteroatoms. The summed E-state index contributed by atoms with van der Waals surface area (Å²) in [6, 6.07) is 12.9. The maximum atomic E-state index is 12.0. The van der Waals surface area contributed by atoms with Crippen LogP contribution in [-0.4, -0.2) is 50.6 Å². The Kier molecular flexibility index (Phi) is 13.5. The van der Waals surface area contributed by atoms with Gasteiger partial charge in [0.2, 0.25) is 0 Å². The van der Waals surface area contributed by atoms with Crippen LogP contribution in [0.3, 0.4) is 0 Å². The lowest BCUT2D eigenvalue weighted by Gasteiger charge is -2.20. The minimum atomic E-state index is -3.80. The molecule has 0 radical (unpaired) electrons. The van der Waals surface area contributed by atoms with Crippen LogP contribution in [0.1, 0.15) is 38.8 Å². The first-order valence-electron chi connectivity index (χ1n) is 11.0. The normalized spacial score (nSPS) is 17.2. The predicted molar refractivity (Wildman–Crippen MR) is 148 cm³/mol. The molecule has 36 heavy (non-hydrogen) atoms. The van der Waals surface area contributed by atoms with E-state index in [0.29, 0.717) is 0 Å². The van der Waals surface area contributed by atoms with Crippen LogP contribution in [0, 0.1) is 13.8 Å². The second-order valence-corrected chi connectivity index (χ2v) is 13.9. The molecule has 2 aromatic carbocycles. The quantitative estimate of drug-likeness (QED) is 0.218. The third-order valence-corrected chi connectivity index (χ3v) is 10.0. The Bertz CT molecular complexity index is 1060. The van der Waals surface area contributed by atoms with Gasteiger partial charge in [-0.3, -0.25) is 8.37 Å². The lowest BCUT2D eigenvalue weighted by atomic mass is 10.2. The van der Waals surface area contributed by atoms with E-state index in [1.807, 2.05) is 13.8 Å². The molecule has 6 atom stereocenters. The number of benzene rings is 2. The SMILES string of the molecule is Cc1ccc(S(=O)(=O)O[C@H](C)[C@H](Cl)[C@@H](C)Cl)cc1.Cc1ccc(S(=O)(=O)O[C@H](C)[C@H](Cl)[C@@H](C)Cl)cc1. The Hall–Kier alpha value is -0.580. The van der Waals surface area contributed by atoms with Crippen LogP contribution in [-0.2, 0) is 28.6 Å². The average Bonchev–Trinajstić information content (AvgIpc) is 2.78. The lowest BCUT2D eigenvalue weighted by molar-refractivity contribution is 0.221. The van der Waals surface area contributed by atoms with E-state index in [9.17, 15) is 16.8 Å². The summed E-state index contributed by atoms with van der Waals surface area (Å²) in [5.74, 6) is 0. The Morgan fingerprint density at radius 3 is 1.03 bits per heavy atom. The standard InChI is InChI=1S/2C12H16Cl2O3S/c2*1-8-4-6-11(7-5-8)18(15,16)17-10(3)12(14)9(2)13/h2*4-7,9-10,12H,1-3H3/t2*9-,10-,12-/m11/s1. The number of hydrogen-bond acceptors (Lipinski definition) is 6. The van der Waals surface area contributed by atoms with E-state index < -0.39 is 43.2 Å². The third-order valence-electron chi connectivity index (χ3n) is 4.95. The van der Waals surface area contributed by atoms with Crippen molar-refractivity contribution >= 4 is 66.6 Å². The molecule has 204 valence electrons. The maximum absolute atomic E-state index is 12.0. The molecule has 0 heterocycles. The van der Waals surface area contributed by atoms with Gasteiger partial charge >= 0.3 is 0 Å². The van der Waals surface area contributed by atoms with Gasteiger partial charge in [0.05, 0.1) is 32.8 Å². The van der Waals surface area contributed by atoms with Crippen molar-refractivity contribution in [1.82, 2.24) is 0 Å². The van der Waals surface area contributed by atoms with E-state index in [1.54, 1.807) is 52.0 Å². The molecule has 0 aliphatic rings. The van der Waals surface area contributed by atoms with Crippen LogP contribution >= 0.6 is 46.4 Å². The summed E-state index contributed by atoms with van der Waals surface area (Å²) in [5, 5.41) is -1.91. The fourth-order valence-electron chi connectivity index (χ4n) is 2.77. The molecule has 0 spiro atoms. The summed E-state index contributed by atoms with van der Waals surface area (Å²) in [4.78, 5) is 0.233. The van der Waals surface area contributed by atoms with Crippen LogP contribution in [0.25, 0.3) is 0 Å². The van der Waals surface area contributed by atoms with Gasteiger partial charge in [0.25, 0.3) is 20.2 Å². The van der Waals surface area contributed by atoms with E-state index in [2.05, 4.69) is 0 Å². The molecule has 0 aromatic heterocycles. The van der Waals surface area contributed by atoms with Crippen molar-refractivity contribution in [1.29, 1.82) is 0 Å². The van der Waals surface area contributed by atoms with Gasteiger partial charge in [0.1, 0.15) is 0 Å². The van der Waals surface area contributed by atoms with Crippen molar-refractivity contribution in [2.75, 3.05) is 0 Å². The van der Waals surface area contributed by atoms with Crippen molar-refractivity contribution in [2.24, 2.45) is 0 Å². The van der Waals surface area contributed by atoms with E-state index in [-0.39, 0.29) is 20.5 Å². The highest BCUT2D eigenvalue weighted by Gasteiger charge is 2.28. The van der Waals surface area contributed by atoms with Crippen molar-refractivity contribution in [2.45, 2.75) is 85.0 Å². The summed E-state index contributed by atoms with van der Waals surface area (Å²) in [6.45, 7) is 10.3. The first kappa shape index (κ1) is 33.4. The first-order chi connectivity index (χ1) is 16.5. The Balaban J connectivity index is 0.000000360. The van der Waals surface area contributed by atoms with Crippen LogP contribution in [0.15, 0.2) is 58.3 Å². The Morgan fingerprint density at radius 2 is 0.806 bits per heavy atom. The van der Waals surface area contributed by atoms with Crippen LogP contribution in [0.4, 0.5) is 0 Å². The molecule has 0 N–H and O–H groups in total. The summed E-state index contributed by atoms with van der Waals surface area (Å²) in [7, 11) is -7.60. The fraction of sp³-hybridized carbons (Fsp3) is 0.500. The largest absolute Gasteiger partial charge is 0.297 e.